The summed E-state index contributed by atoms with van der Waals surface area (Å²) in [5.41, 5.74) is 1.12. The minimum atomic E-state index is -0.199. The summed E-state index contributed by atoms with van der Waals surface area (Å²) < 4.78 is 13.1. The largest absolute Gasteiger partial charge is 0.340 e. The van der Waals surface area contributed by atoms with Gasteiger partial charge >= 0.3 is 0 Å². The van der Waals surface area contributed by atoms with Gasteiger partial charge in [0, 0.05) is 32.2 Å². The van der Waals surface area contributed by atoms with Crippen LogP contribution in [0.4, 0.5) is 4.39 Å². The lowest BCUT2D eigenvalue weighted by atomic mass is 10.0. The molecule has 1 aliphatic rings. The minimum Gasteiger partial charge on any atom is -0.340 e. The second-order valence-corrected chi connectivity index (χ2v) is 7.34. The number of hydrogen-bond acceptors (Lipinski definition) is 3. The summed E-state index contributed by atoms with van der Waals surface area (Å²) in [6.45, 7) is 8.24. The highest BCUT2D eigenvalue weighted by Crippen LogP contribution is 2.20. The maximum absolute atomic E-state index is 13.1. The molecule has 0 spiro atoms. The fourth-order valence-corrected chi connectivity index (χ4v) is 3.31. The van der Waals surface area contributed by atoms with Gasteiger partial charge in [-0.1, -0.05) is 26.0 Å². The van der Waals surface area contributed by atoms with Gasteiger partial charge in [-0.25, -0.2) is 4.39 Å². The molecule has 4 nitrogen and oxygen atoms in total. The molecule has 1 fully saturated rings. The van der Waals surface area contributed by atoms with Crippen LogP contribution >= 0.6 is 0 Å². The van der Waals surface area contributed by atoms with Crippen molar-refractivity contribution in [3.63, 3.8) is 0 Å². The number of carbonyl (C=O) groups is 1. The Kier molecular flexibility index (Phi) is 6.75. The Hall–Kier alpha value is -1.46. The van der Waals surface area contributed by atoms with Crippen LogP contribution in [-0.2, 0) is 11.3 Å². The summed E-state index contributed by atoms with van der Waals surface area (Å²) in [5, 5.41) is 0. The standard InChI is InChI=1S/C19H30FN3O/c1-15(2)18-13-23(19(24)14-21(3)4)11-5-10-22(18)12-16-6-8-17(20)9-7-16/h6-9,15,18H,5,10-14H2,1-4H3/t18-/m0/s1. The molecule has 1 heterocycles. The van der Waals surface area contributed by atoms with Gasteiger partial charge in [0.2, 0.25) is 5.91 Å². The molecule has 0 N–H and O–H groups in total. The Labute approximate surface area is 145 Å². The lowest BCUT2D eigenvalue weighted by Crippen LogP contribution is -2.47. The molecule has 0 aromatic heterocycles. The van der Waals surface area contributed by atoms with Crippen LogP contribution in [0.15, 0.2) is 24.3 Å². The van der Waals surface area contributed by atoms with Crippen LogP contribution in [0, 0.1) is 11.7 Å². The molecule has 1 aliphatic heterocycles. The summed E-state index contributed by atoms with van der Waals surface area (Å²) in [4.78, 5) is 18.8. The number of halogens is 1. The number of likely N-dealkylation sites (N-methyl/N-ethyl adjacent to an activating group) is 1. The molecule has 1 aromatic rings. The van der Waals surface area contributed by atoms with Gasteiger partial charge in [0.25, 0.3) is 0 Å². The van der Waals surface area contributed by atoms with Gasteiger partial charge in [-0.15, -0.1) is 0 Å². The van der Waals surface area contributed by atoms with Crippen LogP contribution in [0.2, 0.25) is 0 Å². The Balaban J connectivity index is 2.08. The first kappa shape index (κ1) is 18.9. The summed E-state index contributed by atoms with van der Waals surface area (Å²) in [7, 11) is 3.85. The topological polar surface area (TPSA) is 26.8 Å². The molecular formula is C19H30FN3O. The van der Waals surface area contributed by atoms with Crippen molar-refractivity contribution in [1.29, 1.82) is 0 Å². The second-order valence-electron chi connectivity index (χ2n) is 7.34. The normalized spacial score (nSPS) is 19.8. The summed E-state index contributed by atoms with van der Waals surface area (Å²) in [5.74, 6) is 0.461. The molecule has 5 heteroatoms. The zero-order valence-electron chi connectivity index (χ0n) is 15.3. The van der Waals surface area contributed by atoms with Crippen molar-refractivity contribution in [2.45, 2.75) is 32.9 Å². The number of rotatable bonds is 5. The van der Waals surface area contributed by atoms with Crippen molar-refractivity contribution in [3.05, 3.63) is 35.6 Å². The van der Waals surface area contributed by atoms with Gasteiger partial charge in [0.15, 0.2) is 0 Å². The first-order chi connectivity index (χ1) is 11.4. The third kappa shape index (κ3) is 5.28. The zero-order valence-corrected chi connectivity index (χ0v) is 15.3. The van der Waals surface area contributed by atoms with Crippen molar-refractivity contribution in [1.82, 2.24) is 14.7 Å². The third-order valence-electron chi connectivity index (χ3n) is 4.62. The molecule has 1 saturated heterocycles. The summed E-state index contributed by atoms with van der Waals surface area (Å²) in [6.07, 6.45) is 0.976. The number of benzene rings is 1. The van der Waals surface area contributed by atoms with Crippen LogP contribution in [0.3, 0.4) is 0 Å². The van der Waals surface area contributed by atoms with Gasteiger partial charge in [-0.3, -0.25) is 9.69 Å². The van der Waals surface area contributed by atoms with Crippen molar-refractivity contribution in [2.75, 3.05) is 40.3 Å². The predicted octanol–water partition coefficient (Wildman–Crippen LogP) is 2.45. The van der Waals surface area contributed by atoms with E-state index in [0.717, 1.165) is 38.2 Å². The van der Waals surface area contributed by atoms with E-state index in [4.69, 9.17) is 0 Å². The van der Waals surface area contributed by atoms with Gasteiger partial charge in [0.1, 0.15) is 5.82 Å². The summed E-state index contributed by atoms with van der Waals surface area (Å²) in [6, 6.07) is 7.07. The van der Waals surface area contributed by atoms with Crippen LogP contribution in [-0.4, -0.2) is 66.9 Å². The van der Waals surface area contributed by atoms with Crippen molar-refractivity contribution < 1.29 is 9.18 Å². The molecule has 0 saturated carbocycles. The quantitative estimate of drug-likeness (QED) is 0.827. The van der Waals surface area contributed by atoms with Crippen molar-refractivity contribution in [2.24, 2.45) is 5.92 Å². The van der Waals surface area contributed by atoms with Gasteiger partial charge in [-0.05, 0) is 44.1 Å². The molecule has 0 unspecified atom stereocenters. The van der Waals surface area contributed by atoms with Crippen LogP contribution in [0.5, 0.6) is 0 Å². The Morgan fingerprint density at radius 2 is 1.92 bits per heavy atom. The van der Waals surface area contributed by atoms with Gasteiger partial charge < -0.3 is 9.80 Å². The summed E-state index contributed by atoms with van der Waals surface area (Å²) >= 11 is 0. The third-order valence-corrected chi connectivity index (χ3v) is 4.62. The van der Waals surface area contributed by atoms with E-state index in [1.165, 1.54) is 12.1 Å². The van der Waals surface area contributed by atoms with E-state index in [1.807, 2.05) is 36.0 Å². The fourth-order valence-electron chi connectivity index (χ4n) is 3.31. The molecule has 0 radical (unpaired) electrons. The van der Waals surface area contributed by atoms with E-state index < -0.39 is 0 Å². The van der Waals surface area contributed by atoms with Gasteiger partial charge in [0.05, 0.1) is 6.54 Å². The Morgan fingerprint density at radius 3 is 2.50 bits per heavy atom. The van der Waals surface area contributed by atoms with Crippen molar-refractivity contribution >= 4 is 5.91 Å². The molecule has 0 aliphatic carbocycles. The molecular weight excluding hydrogens is 305 g/mol. The molecule has 2 rings (SSSR count). The van der Waals surface area contributed by atoms with Crippen molar-refractivity contribution in [3.8, 4) is 0 Å². The average molecular weight is 335 g/mol. The van der Waals surface area contributed by atoms with Crippen LogP contribution < -0.4 is 0 Å². The highest BCUT2D eigenvalue weighted by Gasteiger charge is 2.29. The number of carbonyl (C=O) groups excluding carboxylic acids is 1. The second kappa shape index (κ2) is 8.58. The maximum Gasteiger partial charge on any atom is 0.236 e. The number of amides is 1. The SMILES string of the molecule is CC(C)[C@@H]1CN(C(=O)CN(C)C)CCCN1Cc1ccc(F)cc1. The molecule has 0 bridgehead atoms. The zero-order chi connectivity index (χ0) is 17.7. The first-order valence-corrected chi connectivity index (χ1v) is 8.78. The average Bonchev–Trinajstić information content (AvgIpc) is 2.71. The lowest BCUT2D eigenvalue weighted by molar-refractivity contribution is -0.132. The molecule has 1 amide bonds. The van der Waals surface area contributed by atoms with E-state index in [9.17, 15) is 9.18 Å². The van der Waals surface area contributed by atoms with E-state index >= 15 is 0 Å². The van der Waals surface area contributed by atoms with E-state index in [0.29, 0.717) is 18.5 Å². The highest BCUT2D eigenvalue weighted by atomic mass is 19.1. The maximum atomic E-state index is 13.1. The lowest BCUT2D eigenvalue weighted by Gasteiger charge is -2.34. The van der Waals surface area contributed by atoms with Gasteiger partial charge in [-0.2, -0.15) is 0 Å². The van der Waals surface area contributed by atoms with Crippen LogP contribution in [0.25, 0.3) is 0 Å². The monoisotopic (exact) mass is 335 g/mol. The number of hydrogen-bond donors (Lipinski definition) is 0. The van der Waals surface area contributed by atoms with E-state index in [1.54, 1.807) is 0 Å². The van der Waals surface area contributed by atoms with Crippen LogP contribution in [0.1, 0.15) is 25.8 Å². The Morgan fingerprint density at radius 1 is 1.25 bits per heavy atom. The minimum absolute atomic E-state index is 0.199. The predicted molar refractivity (Wildman–Crippen MR) is 95.2 cm³/mol. The fraction of sp³-hybridized carbons (Fsp3) is 0.632. The van der Waals surface area contributed by atoms with E-state index in [2.05, 4.69) is 18.7 Å². The molecule has 1 atom stereocenters. The molecule has 24 heavy (non-hydrogen) atoms. The smallest absolute Gasteiger partial charge is 0.236 e. The first-order valence-electron chi connectivity index (χ1n) is 8.78. The highest BCUT2D eigenvalue weighted by molar-refractivity contribution is 5.78. The molecule has 1 aromatic carbocycles. The molecule has 134 valence electrons. The van der Waals surface area contributed by atoms with E-state index in [-0.39, 0.29) is 11.7 Å². The number of nitrogens with zero attached hydrogens (tertiary/aromatic N) is 3. The Bertz CT molecular complexity index is 530.